The molecule has 0 aliphatic rings. The lowest BCUT2D eigenvalue weighted by molar-refractivity contribution is -0.120. The maximum absolute atomic E-state index is 13.7. The van der Waals surface area contributed by atoms with Crippen LogP contribution in [0.25, 0.3) is 0 Å². The monoisotopic (exact) mass is 426 g/mol. The zero-order valence-electron chi connectivity index (χ0n) is 16.0. The number of nitrogens with one attached hydrogen (secondary N) is 2. The van der Waals surface area contributed by atoms with E-state index in [9.17, 15) is 18.4 Å². The van der Waals surface area contributed by atoms with E-state index in [1.54, 1.807) is 0 Å². The number of thioether (sulfide) groups is 1. The van der Waals surface area contributed by atoms with Crippen LogP contribution in [0.3, 0.4) is 0 Å². The standard InChI is InChI=1S/C23H20F2N2O2S/c24-18-12-7-13-19(25)20(18)22(28)26-14-15-27-23(29)21(16-8-3-1-4-9-16)30-17-10-5-2-6-11-17/h1-13,21H,14-15H2,(H,26,28)(H,27,29). The fraction of sp³-hybridized carbons (Fsp3) is 0.130. The molecule has 3 aromatic carbocycles. The molecule has 0 saturated heterocycles. The molecule has 4 nitrogen and oxygen atoms in total. The Hall–Kier alpha value is -3.19. The Labute approximate surface area is 177 Å². The fourth-order valence-electron chi connectivity index (χ4n) is 2.79. The lowest BCUT2D eigenvalue weighted by Gasteiger charge is -2.17. The molecule has 0 bridgehead atoms. The van der Waals surface area contributed by atoms with Gasteiger partial charge in [0.25, 0.3) is 5.91 Å². The van der Waals surface area contributed by atoms with Gasteiger partial charge in [-0.1, -0.05) is 54.6 Å². The maximum atomic E-state index is 13.7. The second-order valence-electron chi connectivity index (χ2n) is 6.37. The van der Waals surface area contributed by atoms with Crippen LogP contribution in [0.15, 0.2) is 83.8 Å². The lowest BCUT2D eigenvalue weighted by Crippen LogP contribution is -2.36. The molecule has 0 aliphatic carbocycles. The Kier molecular flexibility index (Phi) is 7.57. The average molecular weight is 426 g/mol. The summed E-state index contributed by atoms with van der Waals surface area (Å²) < 4.78 is 27.3. The number of carbonyl (C=O) groups is 2. The minimum absolute atomic E-state index is 0.0376. The van der Waals surface area contributed by atoms with Crippen LogP contribution in [0.5, 0.6) is 0 Å². The summed E-state index contributed by atoms with van der Waals surface area (Å²) in [6, 6.07) is 22.2. The summed E-state index contributed by atoms with van der Waals surface area (Å²) in [6.45, 7) is 0.162. The summed E-state index contributed by atoms with van der Waals surface area (Å²) in [7, 11) is 0. The van der Waals surface area contributed by atoms with Gasteiger partial charge < -0.3 is 10.6 Å². The Balaban J connectivity index is 1.59. The highest BCUT2D eigenvalue weighted by Gasteiger charge is 2.22. The van der Waals surface area contributed by atoms with Crippen molar-refractivity contribution < 1.29 is 18.4 Å². The van der Waals surface area contributed by atoms with Crippen LogP contribution in [-0.4, -0.2) is 24.9 Å². The molecule has 3 rings (SSSR count). The van der Waals surface area contributed by atoms with Crippen molar-refractivity contribution in [3.05, 3.63) is 102 Å². The molecule has 0 aliphatic heterocycles. The molecule has 0 saturated carbocycles. The zero-order chi connectivity index (χ0) is 21.3. The quantitative estimate of drug-likeness (QED) is 0.416. The Morgan fingerprint density at radius 3 is 1.97 bits per heavy atom. The number of hydrogen-bond donors (Lipinski definition) is 2. The molecule has 1 atom stereocenters. The summed E-state index contributed by atoms with van der Waals surface area (Å²) >= 11 is 1.42. The molecule has 0 heterocycles. The predicted molar refractivity (Wildman–Crippen MR) is 113 cm³/mol. The molecule has 0 fully saturated rings. The van der Waals surface area contributed by atoms with Crippen LogP contribution in [0.4, 0.5) is 8.78 Å². The van der Waals surface area contributed by atoms with Crippen LogP contribution >= 0.6 is 11.8 Å². The summed E-state index contributed by atoms with van der Waals surface area (Å²) in [5.41, 5.74) is 0.215. The highest BCUT2D eigenvalue weighted by molar-refractivity contribution is 8.00. The van der Waals surface area contributed by atoms with Gasteiger partial charge in [0.1, 0.15) is 22.4 Å². The summed E-state index contributed by atoms with van der Waals surface area (Å²) in [5, 5.41) is 4.72. The minimum Gasteiger partial charge on any atom is -0.353 e. The van der Waals surface area contributed by atoms with E-state index in [0.717, 1.165) is 22.6 Å². The number of halogens is 2. The summed E-state index contributed by atoms with van der Waals surface area (Å²) in [4.78, 5) is 25.8. The van der Waals surface area contributed by atoms with Crippen molar-refractivity contribution in [3.8, 4) is 0 Å². The molecule has 0 radical (unpaired) electrons. The van der Waals surface area contributed by atoms with Crippen molar-refractivity contribution >= 4 is 23.6 Å². The van der Waals surface area contributed by atoms with Gasteiger partial charge in [-0.15, -0.1) is 11.8 Å². The smallest absolute Gasteiger partial charge is 0.257 e. The topological polar surface area (TPSA) is 58.2 Å². The molecule has 2 N–H and O–H groups in total. The van der Waals surface area contributed by atoms with Gasteiger partial charge in [-0.25, -0.2) is 8.78 Å². The normalized spacial score (nSPS) is 11.5. The minimum atomic E-state index is -0.931. The van der Waals surface area contributed by atoms with Crippen LogP contribution < -0.4 is 10.6 Å². The van der Waals surface area contributed by atoms with E-state index < -0.39 is 28.4 Å². The first-order valence-corrected chi connectivity index (χ1v) is 10.2. The molecule has 30 heavy (non-hydrogen) atoms. The SMILES string of the molecule is O=C(NCCNC(=O)C(Sc1ccccc1)c1ccccc1)c1c(F)cccc1F. The largest absolute Gasteiger partial charge is 0.353 e. The van der Waals surface area contributed by atoms with E-state index in [4.69, 9.17) is 0 Å². The molecule has 0 aromatic heterocycles. The first-order chi connectivity index (χ1) is 14.6. The van der Waals surface area contributed by atoms with Crippen LogP contribution in [0.2, 0.25) is 0 Å². The second kappa shape index (κ2) is 10.5. The average Bonchev–Trinajstić information content (AvgIpc) is 2.76. The van der Waals surface area contributed by atoms with E-state index >= 15 is 0 Å². The number of amides is 2. The number of benzene rings is 3. The number of rotatable bonds is 8. The second-order valence-corrected chi connectivity index (χ2v) is 7.54. The van der Waals surface area contributed by atoms with Gasteiger partial charge in [0, 0.05) is 18.0 Å². The fourth-order valence-corrected chi connectivity index (χ4v) is 3.86. The summed E-state index contributed by atoms with van der Waals surface area (Å²) in [5.74, 6) is -2.95. The third-order valence-corrected chi connectivity index (χ3v) is 5.50. The van der Waals surface area contributed by atoms with E-state index in [1.165, 1.54) is 17.8 Å². The molecule has 0 spiro atoms. The van der Waals surface area contributed by atoms with Crippen LogP contribution in [0.1, 0.15) is 21.2 Å². The Morgan fingerprint density at radius 2 is 1.33 bits per heavy atom. The van der Waals surface area contributed by atoms with E-state index in [2.05, 4.69) is 10.6 Å². The lowest BCUT2D eigenvalue weighted by atomic mass is 10.1. The van der Waals surface area contributed by atoms with Gasteiger partial charge in [-0.3, -0.25) is 9.59 Å². The molecule has 3 aromatic rings. The highest BCUT2D eigenvalue weighted by Crippen LogP contribution is 2.35. The van der Waals surface area contributed by atoms with E-state index in [0.29, 0.717) is 0 Å². The van der Waals surface area contributed by atoms with Crippen molar-refractivity contribution in [2.75, 3.05) is 13.1 Å². The van der Waals surface area contributed by atoms with Crippen LogP contribution in [-0.2, 0) is 4.79 Å². The third-order valence-electron chi connectivity index (χ3n) is 4.24. The maximum Gasteiger partial charge on any atom is 0.257 e. The molecule has 1 unspecified atom stereocenters. The van der Waals surface area contributed by atoms with Crippen molar-refractivity contribution in [2.45, 2.75) is 10.1 Å². The van der Waals surface area contributed by atoms with Crippen LogP contribution in [0, 0.1) is 11.6 Å². The predicted octanol–water partition coefficient (Wildman–Crippen LogP) is 4.34. The molecular weight excluding hydrogens is 406 g/mol. The number of hydrogen-bond acceptors (Lipinski definition) is 3. The van der Waals surface area contributed by atoms with Crippen molar-refractivity contribution in [2.24, 2.45) is 0 Å². The van der Waals surface area contributed by atoms with E-state index in [-0.39, 0.29) is 19.0 Å². The van der Waals surface area contributed by atoms with Gasteiger partial charge >= 0.3 is 0 Å². The molecular formula is C23H20F2N2O2S. The first-order valence-electron chi connectivity index (χ1n) is 9.33. The van der Waals surface area contributed by atoms with Gasteiger partial charge in [0.05, 0.1) is 0 Å². The molecule has 7 heteroatoms. The Morgan fingerprint density at radius 1 is 0.767 bits per heavy atom. The van der Waals surface area contributed by atoms with E-state index in [1.807, 2.05) is 60.7 Å². The van der Waals surface area contributed by atoms with Gasteiger partial charge in [-0.2, -0.15) is 0 Å². The highest BCUT2D eigenvalue weighted by atomic mass is 32.2. The molecule has 2 amide bonds. The van der Waals surface area contributed by atoms with Crippen molar-refractivity contribution in [1.82, 2.24) is 10.6 Å². The van der Waals surface area contributed by atoms with Gasteiger partial charge in [0.15, 0.2) is 0 Å². The third kappa shape index (κ3) is 5.67. The van der Waals surface area contributed by atoms with Crippen molar-refractivity contribution in [1.29, 1.82) is 0 Å². The summed E-state index contributed by atoms with van der Waals surface area (Å²) in [6.07, 6.45) is 0. The van der Waals surface area contributed by atoms with Gasteiger partial charge in [-0.05, 0) is 29.8 Å². The number of carbonyl (C=O) groups excluding carboxylic acids is 2. The zero-order valence-corrected chi connectivity index (χ0v) is 16.8. The van der Waals surface area contributed by atoms with Gasteiger partial charge in [0.2, 0.25) is 5.91 Å². The molecule has 154 valence electrons. The first kappa shape index (κ1) is 21.5. The van der Waals surface area contributed by atoms with Crippen molar-refractivity contribution in [3.63, 3.8) is 0 Å². The Bertz CT molecular complexity index is 980.